The number of hydrogen-bond donors (Lipinski definition) is 1. The van der Waals surface area contributed by atoms with Crippen LogP contribution in [-0.4, -0.2) is 25.7 Å². The van der Waals surface area contributed by atoms with Gasteiger partial charge in [-0.25, -0.2) is 9.67 Å². The fourth-order valence-corrected chi connectivity index (χ4v) is 5.10. The van der Waals surface area contributed by atoms with E-state index in [-0.39, 0.29) is 11.4 Å². The summed E-state index contributed by atoms with van der Waals surface area (Å²) in [7, 11) is 0. The molecule has 3 heterocycles. The lowest BCUT2D eigenvalue weighted by molar-refractivity contribution is 0.0810. The first kappa shape index (κ1) is 17.3. The standard InChI is InChI=1S/C22H20BrN5O/c23-14-5-6-18(25-12-14)28-20-15-10-13(15)11-16(20)19(27-28)21(29)26-22(7-3-8-22)17-4-1-2-9-24-17/h1-2,4-6,9,12-13,15H,3,7-8,10-11H2,(H,26,29)/t13-,15-/m1/s1. The largest absolute Gasteiger partial charge is 0.340 e. The molecule has 2 atom stereocenters. The van der Waals surface area contributed by atoms with Gasteiger partial charge >= 0.3 is 0 Å². The number of carbonyl (C=O) groups excluding carboxylic acids is 1. The van der Waals surface area contributed by atoms with Crippen LogP contribution in [0.5, 0.6) is 0 Å². The summed E-state index contributed by atoms with van der Waals surface area (Å²) in [5, 5.41) is 8.04. The van der Waals surface area contributed by atoms with Crippen LogP contribution in [0.2, 0.25) is 0 Å². The highest BCUT2D eigenvalue weighted by Crippen LogP contribution is 2.57. The number of amides is 1. The SMILES string of the molecule is O=C(NC1(c2ccccn2)CCC1)c1nn(-c2ccc(Br)cn2)c2c1C[C@H]1C[C@@H]21. The van der Waals surface area contributed by atoms with E-state index in [2.05, 4.69) is 31.2 Å². The van der Waals surface area contributed by atoms with Crippen molar-refractivity contribution in [1.29, 1.82) is 0 Å². The fourth-order valence-electron chi connectivity index (χ4n) is 4.86. The van der Waals surface area contributed by atoms with Crippen molar-refractivity contribution in [3.05, 3.63) is 69.8 Å². The minimum atomic E-state index is -0.369. The highest BCUT2D eigenvalue weighted by molar-refractivity contribution is 9.10. The lowest BCUT2D eigenvalue weighted by Crippen LogP contribution is -2.51. The highest BCUT2D eigenvalue weighted by atomic mass is 79.9. The quantitative estimate of drug-likeness (QED) is 0.655. The zero-order chi connectivity index (χ0) is 19.6. The monoisotopic (exact) mass is 449 g/mol. The topological polar surface area (TPSA) is 72.7 Å². The number of pyridine rings is 2. The zero-order valence-corrected chi connectivity index (χ0v) is 17.4. The Hall–Kier alpha value is -2.54. The van der Waals surface area contributed by atoms with Crippen molar-refractivity contribution in [3.63, 3.8) is 0 Å². The highest BCUT2D eigenvalue weighted by Gasteiger charge is 2.51. The first-order chi connectivity index (χ1) is 14.1. The molecule has 0 saturated heterocycles. The lowest BCUT2D eigenvalue weighted by Gasteiger charge is -2.41. The number of nitrogens with one attached hydrogen (secondary N) is 1. The van der Waals surface area contributed by atoms with E-state index in [1.807, 2.05) is 35.0 Å². The minimum absolute atomic E-state index is 0.0937. The Morgan fingerprint density at radius 3 is 2.79 bits per heavy atom. The van der Waals surface area contributed by atoms with Crippen molar-refractivity contribution in [3.8, 4) is 5.82 Å². The smallest absolute Gasteiger partial charge is 0.272 e. The maximum Gasteiger partial charge on any atom is 0.272 e. The molecule has 29 heavy (non-hydrogen) atoms. The van der Waals surface area contributed by atoms with Crippen molar-refractivity contribution in [2.75, 3.05) is 0 Å². The molecule has 6 rings (SSSR count). The zero-order valence-electron chi connectivity index (χ0n) is 15.8. The average Bonchev–Trinajstić information content (AvgIpc) is 3.21. The van der Waals surface area contributed by atoms with E-state index in [9.17, 15) is 4.79 Å². The van der Waals surface area contributed by atoms with Crippen LogP contribution in [0.25, 0.3) is 5.82 Å². The Morgan fingerprint density at radius 1 is 1.21 bits per heavy atom. The Balaban J connectivity index is 1.37. The molecule has 7 heteroatoms. The molecule has 146 valence electrons. The predicted octanol–water partition coefficient (Wildman–Crippen LogP) is 3.89. The van der Waals surface area contributed by atoms with Crippen molar-refractivity contribution in [1.82, 2.24) is 25.1 Å². The summed E-state index contributed by atoms with van der Waals surface area (Å²) in [6, 6.07) is 9.79. The number of halogens is 1. The van der Waals surface area contributed by atoms with E-state index >= 15 is 0 Å². The summed E-state index contributed by atoms with van der Waals surface area (Å²) in [4.78, 5) is 22.4. The van der Waals surface area contributed by atoms with Crippen molar-refractivity contribution in [2.45, 2.75) is 43.6 Å². The van der Waals surface area contributed by atoms with Gasteiger partial charge in [0.2, 0.25) is 0 Å². The number of fused-ring (bicyclic) bond motifs is 3. The molecule has 6 nitrogen and oxygen atoms in total. The minimum Gasteiger partial charge on any atom is -0.340 e. The second-order valence-electron chi connectivity index (χ2n) is 8.37. The van der Waals surface area contributed by atoms with Crippen LogP contribution < -0.4 is 5.32 Å². The summed E-state index contributed by atoms with van der Waals surface area (Å²) in [6.45, 7) is 0. The van der Waals surface area contributed by atoms with Gasteiger partial charge in [-0.3, -0.25) is 9.78 Å². The van der Waals surface area contributed by atoms with Crippen LogP contribution in [0.1, 0.15) is 59.0 Å². The predicted molar refractivity (Wildman–Crippen MR) is 111 cm³/mol. The van der Waals surface area contributed by atoms with Crippen molar-refractivity contribution < 1.29 is 4.79 Å². The number of hydrogen-bond acceptors (Lipinski definition) is 4. The molecule has 0 radical (unpaired) electrons. The molecule has 3 aromatic rings. The van der Waals surface area contributed by atoms with Crippen LogP contribution in [0, 0.1) is 5.92 Å². The van der Waals surface area contributed by atoms with Gasteiger partial charge in [-0.2, -0.15) is 5.10 Å². The van der Waals surface area contributed by atoms with Crippen LogP contribution in [-0.2, 0) is 12.0 Å². The third-order valence-corrected chi connectivity index (χ3v) is 7.09. The van der Waals surface area contributed by atoms with E-state index in [0.29, 0.717) is 17.5 Å². The van der Waals surface area contributed by atoms with Gasteiger partial charge in [0.1, 0.15) is 0 Å². The Labute approximate surface area is 176 Å². The Kier molecular flexibility index (Phi) is 3.72. The Morgan fingerprint density at radius 2 is 2.10 bits per heavy atom. The summed E-state index contributed by atoms with van der Waals surface area (Å²) in [5.41, 5.74) is 3.40. The van der Waals surface area contributed by atoms with Gasteiger partial charge in [0.25, 0.3) is 5.91 Å². The molecule has 0 aromatic carbocycles. The van der Waals surface area contributed by atoms with E-state index in [1.54, 1.807) is 12.4 Å². The third-order valence-electron chi connectivity index (χ3n) is 6.62. The first-order valence-electron chi connectivity index (χ1n) is 10.1. The van der Waals surface area contributed by atoms with E-state index in [4.69, 9.17) is 5.10 Å². The average molecular weight is 450 g/mol. The van der Waals surface area contributed by atoms with Crippen molar-refractivity contribution in [2.24, 2.45) is 5.92 Å². The van der Waals surface area contributed by atoms with E-state index < -0.39 is 0 Å². The molecule has 0 spiro atoms. The molecule has 1 amide bonds. The second kappa shape index (κ2) is 6.23. The van der Waals surface area contributed by atoms with E-state index in [1.165, 1.54) is 12.1 Å². The maximum absolute atomic E-state index is 13.4. The van der Waals surface area contributed by atoms with Gasteiger partial charge in [-0.05, 0) is 78.2 Å². The molecule has 0 unspecified atom stereocenters. The van der Waals surface area contributed by atoms with Gasteiger partial charge in [0.05, 0.1) is 16.9 Å². The van der Waals surface area contributed by atoms with Crippen LogP contribution >= 0.6 is 15.9 Å². The molecule has 2 saturated carbocycles. The number of aromatic nitrogens is 4. The molecule has 3 aliphatic rings. The Bertz CT molecular complexity index is 1100. The normalized spacial score (nSPS) is 23.1. The summed E-state index contributed by atoms with van der Waals surface area (Å²) < 4.78 is 2.82. The van der Waals surface area contributed by atoms with Crippen LogP contribution in [0.3, 0.4) is 0 Å². The lowest BCUT2D eigenvalue weighted by atomic mass is 9.74. The second-order valence-corrected chi connectivity index (χ2v) is 9.29. The molecular formula is C22H20BrN5O. The van der Waals surface area contributed by atoms with Gasteiger partial charge in [0, 0.05) is 28.3 Å². The number of rotatable bonds is 4. The number of nitrogens with zero attached hydrogens (tertiary/aromatic N) is 4. The van der Waals surface area contributed by atoms with Crippen LogP contribution in [0.15, 0.2) is 47.2 Å². The molecule has 1 N–H and O–H groups in total. The van der Waals surface area contributed by atoms with Gasteiger partial charge in [-0.15, -0.1) is 0 Å². The van der Waals surface area contributed by atoms with Gasteiger partial charge in [0.15, 0.2) is 11.5 Å². The maximum atomic E-state index is 13.4. The van der Waals surface area contributed by atoms with Gasteiger partial charge in [-0.1, -0.05) is 6.07 Å². The van der Waals surface area contributed by atoms with Gasteiger partial charge < -0.3 is 5.32 Å². The molecule has 3 aliphatic carbocycles. The molecular weight excluding hydrogens is 430 g/mol. The summed E-state index contributed by atoms with van der Waals surface area (Å²) in [6.07, 6.45) is 8.62. The third kappa shape index (κ3) is 2.67. The fraction of sp³-hybridized carbons (Fsp3) is 0.364. The van der Waals surface area contributed by atoms with Crippen LogP contribution in [0.4, 0.5) is 0 Å². The molecule has 0 bridgehead atoms. The molecule has 0 aliphatic heterocycles. The molecule has 3 aromatic heterocycles. The van der Waals surface area contributed by atoms with E-state index in [0.717, 1.165) is 47.2 Å². The summed E-state index contributed by atoms with van der Waals surface area (Å²) >= 11 is 3.44. The van der Waals surface area contributed by atoms with Crippen molar-refractivity contribution >= 4 is 21.8 Å². The number of carbonyl (C=O) groups is 1. The first-order valence-corrected chi connectivity index (χ1v) is 10.9. The summed E-state index contributed by atoms with van der Waals surface area (Å²) in [5.74, 6) is 1.84. The molecule has 2 fully saturated rings.